The molecule has 152 valence electrons. The molecule has 27 heavy (non-hydrogen) atoms. The third-order valence-electron chi connectivity index (χ3n) is 4.34. The Balaban J connectivity index is 1.59. The summed E-state index contributed by atoms with van der Waals surface area (Å²) >= 11 is 0. The number of ether oxygens (including phenoxy) is 2. The van der Waals surface area contributed by atoms with Crippen LogP contribution in [0.5, 0.6) is 0 Å². The van der Waals surface area contributed by atoms with Crippen molar-refractivity contribution in [3.8, 4) is 0 Å². The lowest BCUT2D eigenvalue weighted by Gasteiger charge is -2.22. The first-order chi connectivity index (χ1) is 13.0. The van der Waals surface area contributed by atoms with Gasteiger partial charge in [-0.15, -0.1) is 0 Å². The highest BCUT2D eigenvalue weighted by molar-refractivity contribution is 5.81. The predicted octanol–water partition coefficient (Wildman–Crippen LogP) is 1.49. The van der Waals surface area contributed by atoms with Gasteiger partial charge in [0.05, 0.1) is 12.4 Å². The summed E-state index contributed by atoms with van der Waals surface area (Å²) in [5, 5.41) is 0. The molecule has 0 unspecified atom stereocenters. The number of nitrogens with zero attached hydrogens (tertiary/aromatic N) is 4. The lowest BCUT2D eigenvalue weighted by atomic mass is 10.2. The molecular formula is C19H32N4O4. The average molecular weight is 380 g/mol. The van der Waals surface area contributed by atoms with E-state index in [1.807, 2.05) is 0 Å². The van der Waals surface area contributed by atoms with Gasteiger partial charge in [0.25, 0.3) is 0 Å². The Bertz CT molecular complexity index is 486. The fraction of sp³-hybridized carbons (Fsp3) is 0.789. The van der Waals surface area contributed by atoms with Gasteiger partial charge in [0.15, 0.2) is 0 Å². The molecule has 2 aliphatic heterocycles. The van der Waals surface area contributed by atoms with Crippen LogP contribution in [0.4, 0.5) is 0 Å². The van der Waals surface area contributed by atoms with Crippen molar-refractivity contribution >= 4 is 24.4 Å². The van der Waals surface area contributed by atoms with E-state index in [-0.39, 0.29) is 24.4 Å². The van der Waals surface area contributed by atoms with E-state index >= 15 is 0 Å². The van der Waals surface area contributed by atoms with Gasteiger partial charge in [-0.1, -0.05) is 6.42 Å². The minimum Gasteiger partial charge on any atom is -0.434 e. The minimum atomic E-state index is -0.313. The van der Waals surface area contributed by atoms with Crippen molar-refractivity contribution in [3.63, 3.8) is 0 Å². The second-order valence-electron chi connectivity index (χ2n) is 7.27. The Hall–Kier alpha value is -1.80. The van der Waals surface area contributed by atoms with Crippen molar-refractivity contribution in [3.05, 3.63) is 0 Å². The van der Waals surface area contributed by atoms with E-state index < -0.39 is 0 Å². The maximum absolute atomic E-state index is 11.7. The van der Waals surface area contributed by atoms with Gasteiger partial charge < -0.3 is 19.3 Å². The van der Waals surface area contributed by atoms with Crippen molar-refractivity contribution in [2.24, 2.45) is 9.98 Å². The molecule has 0 aromatic rings. The molecule has 2 aliphatic rings. The van der Waals surface area contributed by atoms with E-state index in [4.69, 9.17) is 9.47 Å². The van der Waals surface area contributed by atoms with Crippen LogP contribution in [0.1, 0.15) is 44.9 Å². The van der Waals surface area contributed by atoms with Gasteiger partial charge in [-0.3, -0.25) is 9.59 Å². The molecule has 0 bridgehead atoms. The summed E-state index contributed by atoms with van der Waals surface area (Å²) in [5.74, 6) is -0.395. The molecule has 0 N–H and O–H groups in total. The first kappa shape index (κ1) is 21.5. The molecule has 0 spiro atoms. The average Bonchev–Trinajstić information content (AvgIpc) is 3.51. The summed E-state index contributed by atoms with van der Waals surface area (Å²) in [6, 6.07) is 0. The monoisotopic (exact) mass is 380 g/mol. The third-order valence-corrected chi connectivity index (χ3v) is 4.34. The number of hydrogen-bond acceptors (Lipinski definition) is 8. The van der Waals surface area contributed by atoms with Gasteiger partial charge in [-0.2, -0.15) is 0 Å². The van der Waals surface area contributed by atoms with Crippen LogP contribution >= 0.6 is 0 Å². The molecule has 8 heteroatoms. The van der Waals surface area contributed by atoms with Gasteiger partial charge in [-0.25, -0.2) is 9.98 Å². The second-order valence-corrected chi connectivity index (χ2v) is 7.27. The van der Waals surface area contributed by atoms with E-state index in [1.165, 1.54) is 12.8 Å². The maximum Gasteiger partial charge on any atom is 0.308 e. The molecule has 0 saturated heterocycles. The molecule has 2 rings (SSSR count). The minimum absolute atomic E-state index is 0.198. The topological polar surface area (TPSA) is 83.8 Å². The first-order valence-electron chi connectivity index (χ1n) is 9.85. The number of aliphatic imine (C=N–C) groups is 2. The van der Waals surface area contributed by atoms with Crippen LogP contribution in [-0.4, -0.2) is 86.9 Å². The second kappa shape index (κ2) is 11.8. The van der Waals surface area contributed by atoms with E-state index in [1.54, 1.807) is 12.4 Å². The number of unbranched alkanes of at least 4 members (excludes halogenated alkanes) is 2. The summed E-state index contributed by atoms with van der Waals surface area (Å²) in [7, 11) is 4.17. The predicted molar refractivity (Wildman–Crippen MR) is 104 cm³/mol. The molecule has 8 nitrogen and oxygen atoms in total. The van der Waals surface area contributed by atoms with Gasteiger partial charge in [0.2, 0.25) is 12.5 Å². The Morgan fingerprint density at radius 3 is 1.67 bits per heavy atom. The number of carbonyl (C=O) groups excluding carboxylic acids is 2. The molecule has 0 aliphatic carbocycles. The summed E-state index contributed by atoms with van der Waals surface area (Å²) < 4.78 is 10.2. The number of carbonyl (C=O) groups is 2. The standard InChI is InChI=1S/C19H32N4O4/c1-22(2)10-4-3-5-11-23(12-6-8-18(24)26-16-14-20-16)13-7-9-19(25)27-17-15-21-17/h14-17H,3-13H2,1-2H3/t16-,17-/m1/s1. The van der Waals surface area contributed by atoms with E-state index in [0.29, 0.717) is 12.8 Å². The lowest BCUT2D eigenvalue weighted by Crippen LogP contribution is -2.28. The number of esters is 2. The third kappa shape index (κ3) is 11.5. The zero-order valence-electron chi connectivity index (χ0n) is 16.5. The van der Waals surface area contributed by atoms with Crippen LogP contribution in [0, 0.1) is 0 Å². The van der Waals surface area contributed by atoms with Gasteiger partial charge in [0, 0.05) is 12.8 Å². The Labute approximate surface area is 161 Å². The van der Waals surface area contributed by atoms with Crippen LogP contribution < -0.4 is 0 Å². The molecule has 0 amide bonds. The van der Waals surface area contributed by atoms with E-state index in [9.17, 15) is 9.59 Å². The van der Waals surface area contributed by atoms with Crippen molar-refractivity contribution < 1.29 is 19.1 Å². The zero-order valence-corrected chi connectivity index (χ0v) is 16.5. The Kier molecular flexibility index (Phi) is 9.41. The van der Waals surface area contributed by atoms with Crippen LogP contribution in [0.2, 0.25) is 0 Å². The molecule has 0 fully saturated rings. The lowest BCUT2D eigenvalue weighted by molar-refractivity contribution is -0.145. The molecule has 0 radical (unpaired) electrons. The molecule has 0 saturated carbocycles. The van der Waals surface area contributed by atoms with Crippen molar-refractivity contribution in [1.29, 1.82) is 0 Å². The Morgan fingerprint density at radius 1 is 0.778 bits per heavy atom. The van der Waals surface area contributed by atoms with Gasteiger partial charge in [-0.05, 0) is 66.0 Å². The first-order valence-corrected chi connectivity index (χ1v) is 9.85. The van der Waals surface area contributed by atoms with Crippen LogP contribution in [0.25, 0.3) is 0 Å². The van der Waals surface area contributed by atoms with Gasteiger partial charge >= 0.3 is 11.9 Å². The summed E-state index contributed by atoms with van der Waals surface area (Å²) in [5.41, 5.74) is 0. The SMILES string of the molecule is CN(C)CCCCCN(CCCC(=O)O[C@@H]1C=N1)CCCC(=O)O[C@@H]1C=N1. The summed E-state index contributed by atoms with van der Waals surface area (Å²) in [4.78, 5) is 35.4. The maximum atomic E-state index is 11.7. The van der Waals surface area contributed by atoms with Crippen molar-refractivity contribution in [2.75, 3.05) is 40.3 Å². The Morgan fingerprint density at radius 2 is 1.22 bits per heavy atom. The van der Waals surface area contributed by atoms with Crippen LogP contribution in [0.15, 0.2) is 9.98 Å². The molecule has 2 heterocycles. The zero-order chi connectivity index (χ0) is 19.5. The smallest absolute Gasteiger partial charge is 0.308 e. The van der Waals surface area contributed by atoms with Crippen molar-refractivity contribution in [1.82, 2.24) is 9.80 Å². The molecular weight excluding hydrogens is 348 g/mol. The number of rotatable bonds is 16. The van der Waals surface area contributed by atoms with Crippen LogP contribution in [0.3, 0.4) is 0 Å². The highest BCUT2D eigenvalue weighted by atomic mass is 16.6. The molecule has 0 aromatic heterocycles. The summed E-state index contributed by atoms with van der Waals surface area (Å²) in [6.45, 7) is 3.74. The highest BCUT2D eigenvalue weighted by Crippen LogP contribution is 2.09. The quantitative estimate of drug-likeness (QED) is 0.298. The normalized spacial score (nSPS) is 19.6. The highest BCUT2D eigenvalue weighted by Gasteiger charge is 2.19. The van der Waals surface area contributed by atoms with E-state index in [0.717, 1.165) is 45.4 Å². The molecule has 2 atom stereocenters. The fourth-order valence-corrected chi connectivity index (χ4v) is 2.75. The summed E-state index contributed by atoms with van der Waals surface area (Å²) in [6.07, 6.45) is 8.39. The van der Waals surface area contributed by atoms with Crippen LogP contribution in [-0.2, 0) is 19.1 Å². The fourth-order valence-electron chi connectivity index (χ4n) is 2.75. The van der Waals surface area contributed by atoms with Crippen molar-refractivity contribution in [2.45, 2.75) is 57.4 Å². The largest absolute Gasteiger partial charge is 0.434 e. The number of hydrogen-bond donors (Lipinski definition) is 0. The van der Waals surface area contributed by atoms with Gasteiger partial charge in [0.1, 0.15) is 0 Å². The molecule has 0 aromatic carbocycles. The van der Waals surface area contributed by atoms with E-state index in [2.05, 4.69) is 33.9 Å².